The number of nitrogens with one attached hydrogen (secondary N) is 1. The normalized spacial score (nSPS) is 14.9. The number of H-pyrrole nitrogens is 1. The number of aryl methyl sites for hydroxylation is 2. The van der Waals surface area contributed by atoms with E-state index in [-0.39, 0.29) is 5.69 Å². The van der Waals surface area contributed by atoms with Crippen molar-refractivity contribution in [2.75, 3.05) is 0 Å². The lowest BCUT2D eigenvalue weighted by Gasteiger charge is -2.13. The Bertz CT molecular complexity index is 567. The van der Waals surface area contributed by atoms with E-state index in [0.29, 0.717) is 0 Å². The number of rotatable bonds is 0. The molecule has 2 aromatic rings. The molecule has 0 bridgehead atoms. The van der Waals surface area contributed by atoms with Crippen molar-refractivity contribution >= 4 is 27.0 Å². The highest BCUT2D eigenvalue weighted by Gasteiger charge is 2.15. The Labute approximate surface area is 88.9 Å². The standard InChI is InChI=1S/C10H9BrN2O/c11-7-4-6-2-1-3-13-9(6)8(5-7)12-10(13)14/h4-5H,1-3H2,(H,12,14). The third-order valence-electron chi connectivity index (χ3n) is 2.74. The Hall–Kier alpha value is -1.03. The zero-order valence-corrected chi connectivity index (χ0v) is 9.10. The Morgan fingerprint density at radius 3 is 3.14 bits per heavy atom. The van der Waals surface area contributed by atoms with Gasteiger partial charge in [-0.2, -0.15) is 0 Å². The quantitative estimate of drug-likeness (QED) is 0.766. The van der Waals surface area contributed by atoms with Crippen LogP contribution in [-0.2, 0) is 13.0 Å². The minimum absolute atomic E-state index is 0.0130. The molecule has 1 aliphatic rings. The Balaban J connectivity index is 2.55. The minimum Gasteiger partial charge on any atom is -0.305 e. The van der Waals surface area contributed by atoms with Gasteiger partial charge >= 0.3 is 5.69 Å². The molecule has 0 radical (unpaired) electrons. The molecule has 0 aliphatic carbocycles. The lowest BCUT2D eigenvalue weighted by atomic mass is 10.1. The van der Waals surface area contributed by atoms with Crippen LogP contribution in [0.2, 0.25) is 0 Å². The van der Waals surface area contributed by atoms with Gasteiger partial charge in [0.05, 0.1) is 11.0 Å². The molecule has 14 heavy (non-hydrogen) atoms. The van der Waals surface area contributed by atoms with Gasteiger partial charge in [-0.05, 0) is 30.5 Å². The number of nitrogens with zero attached hydrogens (tertiary/aromatic N) is 1. The number of halogens is 1. The molecule has 0 saturated heterocycles. The highest BCUT2D eigenvalue weighted by Crippen LogP contribution is 2.26. The summed E-state index contributed by atoms with van der Waals surface area (Å²) < 4.78 is 2.87. The van der Waals surface area contributed by atoms with Crippen LogP contribution in [0, 0.1) is 0 Å². The fourth-order valence-corrected chi connectivity index (χ4v) is 2.69. The van der Waals surface area contributed by atoms with Crippen molar-refractivity contribution < 1.29 is 0 Å². The van der Waals surface area contributed by atoms with Crippen LogP contribution < -0.4 is 5.69 Å². The van der Waals surface area contributed by atoms with E-state index in [2.05, 4.69) is 27.0 Å². The van der Waals surface area contributed by atoms with Gasteiger partial charge in [-0.15, -0.1) is 0 Å². The van der Waals surface area contributed by atoms with Crippen LogP contribution in [0.3, 0.4) is 0 Å². The third kappa shape index (κ3) is 1.00. The maximum absolute atomic E-state index is 11.6. The highest BCUT2D eigenvalue weighted by atomic mass is 79.9. The largest absolute Gasteiger partial charge is 0.326 e. The van der Waals surface area contributed by atoms with E-state index < -0.39 is 0 Å². The predicted molar refractivity (Wildman–Crippen MR) is 58.6 cm³/mol. The Kier molecular flexibility index (Phi) is 1.62. The first-order chi connectivity index (χ1) is 6.75. The molecule has 72 valence electrons. The lowest BCUT2D eigenvalue weighted by Crippen LogP contribution is -2.19. The average Bonchev–Trinajstić information content (AvgIpc) is 2.45. The van der Waals surface area contributed by atoms with Crippen LogP contribution in [0.5, 0.6) is 0 Å². The fourth-order valence-electron chi connectivity index (χ4n) is 2.19. The second-order valence-corrected chi connectivity index (χ2v) is 4.56. The monoisotopic (exact) mass is 252 g/mol. The molecule has 1 aromatic heterocycles. The topological polar surface area (TPSA) is 37.8 Å². The fraction of sp³-hybridized carbons (Fsp3) is 0.300. The SMILES string of the molecule is O=c1[nH]c2cc(Br)cc3c2n1CCC3. The first kappa shape index (κ1) is 8.29. The summed E-state index contributed by atoms with van der Waals surface area (Å²) in [5.41, 5.74) is 3.31. The highest BCUT2D eigenvalue weighted by molar-refractivity contribution is 9.10. The zero-order chi connectivity index (χ0) is 9.71. The van der Waals surface area contributed by atoms with Crippen molar-refractivity contribution in [2.45, 2.75) is 19.4 Å². The lowest BCUT2D eigenvalue weighted by molar-refractivity contribution is 0.615. The average molecular weight is 253 g/mol. The molecule has 2 heterocycles. The Morgan fingerprint density at radius 1 is 1.43 bits per heavy atom. The summed E-state index contributed by atoms with van der Waals surface area (Å²) >= 11 is 3.45. The van der Waals surface area contributed by atoms with Gasteiger partial charge in [0.2, 0.25) is 0 Å². The zero-order valence-electron chi connectivity index (χ0n) is 7.51. The molecule has 0 unspecified atom stereocenters. The first-order valence-corrected chi connectivity index (χ1v) is 5.46. The number of benzene rings is 1. The van der Waals surface area contributed by atoms with Crippen molar-refractivity contribution in [2.24, 2.45) is 0 Å². The number of aromatic nitrogens is 2. The smallest absolute Gasteiger partial charge is 0.305 e. The molecule has 1 aliphatic heterocycles. The van der Waals surface area contributed by atoms with Crippen LogP contribution in [0.25, 0.3) is 11.0 Å². The molecular weight excluding hydrogens is 244 g/mol. The third-order valence-corrected chi connectivity index (χ3v) is 3.20. The number of aromatic amines is 1. The minimum atomic E-state index is 0.0130. The first-order valence-electron chi connectivity index (χ1n) is 4.66. The van der Waals surface area contributed by atoms with Crippen LogP contribution in [-0.4, -0.2) is 9.55 Å². The summed E-state index contributed by atoms with van der Waals surface area (Å²) in [6, 6.07) is 4.06. The molecule has 0 spiro atoms. The molecule has 4 heteroatoms. The van der Waals surface area contributed by atoms with E-state index in [1.807, 2.05) is 10.6 Å². The molecule has 3 rings (SSSR count). The summed E-state index contributed by atoms with van der Waals surface area (Å²) in [4.78, 5) is 14.4. The van der Waals surface area contributed by atoms with E-state index in [0.717, 1.165) is 34.9 Å². The van der Waals surface area contributed by atoms with Gasteiger partial charge < -0.3 is 4.98 Å². The Morgan fingerprint density at radius 2 is 2.29 bits per heavy atom. The molecular formula is C10H9BrN2O. The van der Waals surface area contributed by atoms with Gasteiger partial charge in [0.25, 0.3) is 0 Å². The summed E-state index contributed by atoms with van der Waals surface area (Å²) in [5.74, 6) is 0. The van der Waals surface area contributed by atoms with Crippen molar-refractivity contribution in [1.29, 1.82) is 0 Å². The molecule has 3 nitrogen and oxygen atoms in total. The predicted octanol–water partition coefficient (Wildman–Crippen LogP) is 2.04. The summed E-state index contributed by atoms with van der Waals surface area (Å²) in [5, 5.41) is 0. The number of hydrogen-bond acceptors (Lipinski definition) is 1. The molecule has 1 N–H and O–H groups in total. The van der Waals surface area contributed by atoms with E-state index in [9.17, 15) is 4.79 Å². The number of imidazole rings is 1. The van der Waals surface area contributed by atoms with Crippen molar-refractivity contribution in [3.63, 3.8) is 0 Å². The van der Waals surface area contributed by atoms with Crippen molar-refractivity contribution in [1.82, 2.24) is 9.55 Å². The van der Waals surface area contributed by atoms with E-state index >= 15 is 0 Å². The second-order valence-electron chi connectivity index (χ2n) is 3.65. The summed E-state index contributed by atoms with van der Waals surface area (Å²) in [6.45, 7) is 0.841. The van der Waals surface area contributed by atoms with Crippen LogP contribution in [0.15, 0.2) is 21.4 Å². The van der Waals surface area contributed by atoms with Gasteiger partial charge in [-0.25, -0.2) is 4.79 Å². The van der Waals surface area contributed by atoms with Crippen LogP contribution in [0.1, 0.15) is 12.0 Å². The van der Waals surface area contributed by atoms with Gasteiger partial charge in [-0.1, -0.05) is 15.9 Å². The summed E-state index contributed by atoms with van der Waals surface area (Å²) in [6.07, 6.45) is 2.11. The summed E-state index contributed by atoms with van der Waals surface area (Å²) in [7, 11) is 0. The number of hydrogen-bond donors (Lipinski definition) is 1. The second kappa shape index (κ2) is 2.73. The van der Waals surface area contributed by atoms with E-state index in [1.54, 1.807) is 0 Å². The van der Waals surface area contributed by atoms with Gasteiger partial charge in [0, 0.05) is 11.0 Å². The maximum Gasteiger partial charge on any atom is 0.326 e. The van der Waals surface area contributed by atoms with Gasteiger partial charge in [0.15, 0.2) is 0 Å². The molecule has 0 atom stereocenters. The van der Waals surface area contributed by atoms with E-state index in [4.69, 9.17) is 0 Å². The van der Waals surface area contributed by atoms with Crippen LogP contribution in [0.4, 0.5) is 0 Å². The van der Waals surface area contributed by atoms with E-state index in [1.165, 1.54) is 5.56 Å². The molecule has 0 amide bonds. The maximum atomic E-state index is 11.6. The van der Waals surface area contributed by atoms with Crippen molar-refractivity contribution in [3.05, 3.63) is 32.7 Å². The molecule has 0 fully saturated rings. The van der Waals surface area contributed by atoms with Crippen LogP contribution >= 0.6 is 15.9 Å². The molecule has 1 aromatic carbocycles. The van der Waals surface area contributed by atoms with Gasteiger partial charge in [0.1, 0.15) is 0 Å². The van der Waals surface area contributed by atoms with Crippen molar-refractivity contribution in [3.8, 4) is 0 Å². The molecule has 0 saturated carbocycles. The van der Waals surface area contributed by atoms with Gasteiger partial charge in [-0.3, -0.25) is 4.57 Å².